The lowest BCUT2D eigenvalue weighted by Gasteiger charge is -2.43. The zero-order valence-electron chi connectivity index (χ0n) is 17.2. The van der Waals surface area contributed by atoms with Gasteiger partial charge < -0.3 is 4.74 Å². The highest BCUT2D eigenvalue weighted by atomic mass is 32.2. The number of hydrogen-bond acceptors (Lipinski definition) is 5. The van der Waals surface area contributed by atoms with Crippen LogP contribution in [-0.2, 0) is 4.79 Å². The second-order valence-corrected chi connectivity index (χ2v) is 8.44. The number of nitrogens with zero attached hydrogens (tertiary/aromatic N) is 3. The smallest absolute Gasteiger partial charge is 0.229 e. The van der Waals surface area contributed by atoms with Gasteiger partial charge in [-0.1, -0.05) is 54.2 Å². The molecule has 0 aromatic heterocycles. The summed E-state index contributed by atoms with van der Waals surface area (Å²) in [5.74, 6) is 1.42. The summed E-state index contributed by atoms with van der Waals surface area (Å²) < 4.78 is 5.52. The van der Waals surface area contributed by atoms with Gasteiger partial charge in [0.05, 0.1) is 35.8 Å². The predicted molar refractivity (Wildman–Crippen MR) is 118 cm³/mol. The van der Waals surface area contributed by atoms with E-state index < -0.39 is 0 Å². The van der Waals surface area contributed by atoms with E-state index in [0.29, 0.717) is 25.3 Å². The number of ether oxygens (including phenoxy) is 1. The SMILES string of the molecule is CCOc1ccc([C@@H]2CC(=O)N3CN([C@H](C)c4ccccc4)CSC3=C2C#N)cc1. The van der Waals surface area contributed by atoms with Crippen LogP contribution in [0.25, 0.3) is 0 Å². The van der Waals surface area contributed by atoms with Gasteiger partial charge >= 0.3 is 0 Å². The van der Waals surface area contributed by atoms with Crippen LogP contribution in [0.2, 0.25) is 0 Å². The highest BCUT2D eigenvalue weighted by molar-refractivity contribution is 8.03. The van der Waals surface area contributed by atoms with Crippen LogP contribution in [0.4, 0.5) is 0 Å². The summed E-state index contributed by atoms with van der Waals surface area (Å²) in [5, 5.41) is 10.8. The van der Waals surface area contributed by atoms with Gasteiger partial charge in [0.2, 0.25) is 5.91 Å². The van der Waals surface area contributed by atoms with Crippen LogP contribution < -0.4 is 4.74 Å². The van der Waals surface area contributed by atoms with Crippen LogP contribution in [0, 0.1) is 11.3 Å². The Balaban J connectivity index is 1.58. The van der Waals surface area contributed by atoms with Crippen LogP contribution in [0.15, 0.2) is 65.2 Å². The highest BCUT2D eigenvalue weighted by Gasteiger charge is 2.39. The van der Waals surface area contributed by atoms with Crippen molar-refractivity contribution in [2.24, 2.45) is 0 Å². The molecule has 0 N–H and O–H groups in total. The van der Waals surface area contributed by atoms with Gasteiger partial charge in [0.1, 0.15) is 5.75 Å². The van der Waals surface area contributed by atoms with Crippen LogP contribution in [-0.4, -0.2) is 34.9 Å². The molecule has 2 heterocycles. The lowest BCUT2D eigenvalue weighted by molar-refractivity contribution is -0.132. The molecule has 2 atom stereocenters. The first-order valence-corrected chi connectivity index (χ1v) is 11.2. The Bertz CT molecular complexity index is 982. The van der Waals surface area contributed by atoms with Crippen molar-refractivity contribution in [2.45, 2.75) is 32.2 Å². The molecule has 2 aliphatic rings. The normalized spacial score (nSPS) is 20.5. The molecule has 0 saturated carbocycles. The molecular formula is C24H25N3O2S. The molecule has 0 radical (unpaired) electrons. The Morgan fingerprint density at radius 2 is 1.93 bits per heavy atom. The van der Waals surface area contributed by atoms with Gasteiger partial charge in [-0.2, -0.15) is 5.26 Å². The van der Waals surface area contributed by atoms with E-state index in [2.05, 4.69) is 30.0 Å². The van der Waals surface area contributed by atoms with Gasteiger partial charge in [0.15, 0.2) is 0 Å². The third-order valence-electron chi connectivity index (χ3n) is 5.74. The summed E-state index contributed by atoms with van der Waals surface area (Å²) in [6.07, 6.45) is 0.314. The fourth-order valence-corrected chi connectivity index (χ4v) is 5.26. The van der Waals surface area contributed by atoms with Crippen molar-refractivity contribution in [1.82, 2.24) is 9.80 Å². The van der Waals surface area contributed by atoms with Crippen molar-refractivity contribution >= 4 is 17.7 Å². The number of benzene rings is 2. The van der Waals surface area contributed by atoms with Crippen molar-refractivity contribution in [3.8, 4) is 11.8 Å². The Morgan fingerprint density at radius 1 is 1.20 bits per heavy atom. The zero-order valence-corrected chi connectivity index (χ0v) is 18.1. The first kappa shape index (κ1) is 20.5. The minimum Gasteiger partial charge on any atom is -0.494 e. The number of carbonyl (C=O) groups is 1. The van der Waals surface area contributed by atoms with Crippen molar-refractivity contribution < 1.29 is 9.53 Å². The lowest BCUT2D eigenvalue weighted by atomic mass is 9.86. The molecule has 1 amide bonds. The van der Waals surface area contributed by atoms with Crippen molar-refractivity contribution in [3.05, 3.63) is 76.3 Å². The first-order chi connectivity index (χ1) is 14.6. The average molecular weight is 420 g/mol. The molecule has 0 bridgehead atoms. The van der Waals surface area contributed by atoms with Crippen molar-refractivity contribution in [3.63, 3.8) is 0 Å². The molecule has 154 valence electrons. The number of fused-ring (bicyclic) bond motifs is 1. The number of allylic oxidation sites excluding steroid dienone is 1. The van der Waals surface area contributed by atoms with Gasteiger partial charge in [-0.05, 0) is 37.1 Å². The first-order valence-electron chi connectivity index (χ1n) is 10.2. The molecule has 30 heavy (non-hydrogen) atoms. The van der Waals surface area contributed by atoms with E-state index in [1.54, 1.807) is 16.7 Å². The van der Waals surface area contributed by atoms with E-state index in [1.807, 2.05) is 49.4 Å². The van der Waals surface area contributed by atoms with Crippen LogP contribution >= 0.6 is 11.8 Å². The molecule has 0 spiro atoms. The Morgan fingerprint density at radius 3 is 2.60 bits per heavy atom. The molecule has 4 rings (SSSR count). The maximum absolute atomic E-state index is 13.1. The molecular weight excluding hydrogens is 394 g/mol. The average Bonchev–Trinajstić information content (AvgIpc) is 2.79. The van der Waals surface area contributed by atoms with E-state index >= 15 is 0 Å². The molecule has 2 aromatic rings. The Kier molecular flexibility index (Phi) is 6.12. The summed E-state index contributed by atoms with van der Waals surface area (Å²) in [6, 6.07) is 20.7. The standard InChI is InChI=1S/C24H25N3O2S/c1-3-29-20-11-9-19(10-12-20)21-13-23(28)27-15-26(16-30-24(27)22(21)14-25)17(2)18-7-5-4-6-8-18/h4-12,17,21H,3,13,15-16H2,1-2H3/t17-,21+/m1/s1. The predicted octanol–water partition coefficient (Wildman–Crippen LogP) is 4.86. The molecule has 2 aromatic carbocycles. The number of thioether (sulfide) groups is 1. The summed E-state index contributed by atoms with van der Waals surface area (Å²) in [6.45, 7) is 5.23. The maximum Gasteiger partial charge on any atom is 0.229 e. The van der Waals surface area contributed by atoms with Crippen molar-refractivity contribution in [1.29, 1.82) is 5.26 Å². The third kappa shape index (κ3) is 3.96. The van der Waals surface area contributed by atoms with E-state index in [4.69, 9.17) is 4.74 Å². The summed E-state index contributed by atoms with van der Waals surface area (Å²) in [4.78, 5) is 17.1. The van der Waals surface area contributed by atoms with Crippen LogP contribution in [0.3, 0.4) is 0 Å². The van der Waals surface area contributed by atoms with Gasteiger partial charge in [-0.3, -0.25) is 14.6 Å². The molecule has 5 nitrogen and oxygen atoms in total. The zero-order chi connectivity index (χ0) is 21.1. The van der Waals surface area contributed by atoms with Gasteiger partial charge in [-0.25, -0.2) is 0 Å². The van der Waals surface area contributed by atoms with Gasteiger partial charge in [0, 0.05) is 18.4 Å². The monoisotopic (exact) mass is 419 g/mol. The van der Waals surface area contributed by atoms with E-state index in [0.717, 1.165) is 22.2 Å². The molecule has 0 unspecified atom stereocenters. The van der Waals surface area contributed by atoms with Gasteiger partial charge in [0.25, 0.3) is 0 Å². The largest absolute Gasteiger partial charge is 0.494 e. The molecule has 0 aliphatic carbocycles. The van der Waals surface area contributed by atoms with Crippen LogP contribution in [0.5, 0.6) is 5.75 Å². The summed E-state index contributed by atoms with van der Waals surface area (Å²) in [7, 11) is 0. The highest BCUT2D eigenvalue weighted by Crippen LogP contribution is 2.43. The topological polar surface area (TPSA) is 56.6 Å². The van der Waals surface area contributed by atoms with E-state index in [9.17, 15) is 10.1 Å². The minimum absolute atomic E-state index is 0.0698. The summed E-state index contributed by atoms with van der Waals surface area (Å²) in [5.41, 5.74) is 2.90. The second kappa shape index (κ2) is 8.95. The molecule has 1 saturated heterocycles. The fourth-order valence-electron chi connectivity index (χ4n) is 4.01. The fraction of sp³-hybridized carbons (Fsp3) is 0.333. The number of rotatable bonds is 5. The summed E-state index contributed by atoms with van der Waals surface area (Å²) >= 11 is 1.59. The number of nitriles is 1. The van der Waals surface area contributed by atoms with Gasteiger partial charge in [-0.15, -0.1) is 0 Å². The number of hydrogen-bond donors (Lipinski definition) is 0. The molecule has 6 heteroatoms. The maximum atomic E-state index is 13.1. The minimum atomic E-state index is -0.199. The molecule has 1 fully saturated rings. The lowest BCUT2D eigenvalue weighted by Crippen LogP contribution is -2.47. The Hall–Kier alpha value is -2.75. The molecule has 2 aliphatic heterocycles. The van der Waals surface area contributed by atoms with Crippen LogP contribution in [0.1, 0.15) is 43.4 Å². The quantitative estimate of drug-likeness (QED) is 0.693. The van der Waals surface area contributed by atoms with E-state index in [1.165, 1.54) is 5.56 Å². The second-order valence-electron chi connectivity index (χ2n) is 7.50. The number of amides is 1. The van der Waals surface area contributed by atoms with E-state index in [-0.39, 0.29) is 17.9 Å². The Labute approximate surface area is 181 Å². The third-order valence-corrected chi connectivity index (χ3v) is 6.91. The van der Waals surface area contributed by atoms with Crippen molar-refractivity contribution in [2.75, 3.05) is 19.2 Å². The number of carbonyl (C=O) groups excluding carboxylic acids is 1.